The van der Waals surface area contributed by atoms with E-state index < -0.39 is 11.6 Å². The number of carbonyl (C=O) groups is 1. The molecule has 4 rings (SSSR count). The largest absolute Gasteiger partial charge is 0.458 e. The Labute approximate surface area is 148 Å². The van der Waals surface area contributed by atoms with Gasteiger partial charge in [0.15, 0.2) is 0 Å². The predicted octanol–water partition coefficient (Wildman–Crippen LogP) is 2.70. The van der Waals surface area contributed by atoms with Crippen LogP contribution in [-0.4, -0.2) is 41.2 Å². The molecule has 2 aliphatic heterocycles. The Morgan fingerprint density at radius 3 is 2.16 bits per heavy atom. The SMILES string of the molecule is O=C(O[C@H]1CCN2CCC[C@H]12)C(O)(c1ccccc1)c1ccccc1. The zero-order chi connectivity index (χ0) is 17.3. The second-order valence-electron chi connectivity index (χ2n) is 6.92. The third kappa shape index (κ3) is 2.86. The number of carbonyl (C=O) groups excluding carboxylic acids is 1. The van der Waals surface area contributed by atoms with Gasteiger partial charge >= 0.3 is 5.97 Å². The third-order valence-corrected chi connectivity index (χ3v) is 5.48. The fourth-order valence-electron chi connectivity index (χ4n) is 4.16. The van der Waals surface area contributed by atoms with E-state index in [-0.39, 0.29) is 6.10 Å². The van der Waals surface area contributed by atoms with Crippen molar-refractivity contribution in [2.45, 2.75) is 37.0 Å². The summed E-state index contributed by atoms with van der Waals surface area (Å²) in [5, 5.41) is 11.4. The number of benzene rings is 2. The maximum atomic E-state index is 13.1. The average Bonchev–Trinajstić information content (AvgIpc) is 3.27. The van der Waals surface area contributed by atoms with Crippen molar-refractivity contribution in [3.05, 3.63) is 71.8 Å². The highest BCUT2D eigenvalue weighted by molar-refractivity contribution is 5.85. The predicted molar refractivity (Wildman–Crippen MR) is 95.0 cm³/mol. The molecule has 0 radical (unpaired) electrons. The Hall–Kier alpha value is -2.17. The molecule has 0 aliphatic carbocycles. The summed E-state index contributed by atoms with van der Waals surface area (Å²) in [5.41, 5.74) is -0.714. The monoisotopic (exact) mass is 337 g/mol. The molecule has 2 aromatic rings. The quantitative estimate of drug-likeness (QED) is 0.872. The lowest BCUT2D eigenvalue weighted by Gasteiger charge is -2.30. The van der Waals surface area contributed by atoms with Crippen molar-refractivity contribution in [3.8, 4) is 0 Å². The van der Waals surface area contributed by atoms with E-state index in [4.69, 9.17) is 4.74 Å². The molecule has 2 aliphatic rings. The Morgan fingerprint density at radius 1 is 0.960 bits per heavy atom. The van der Waals surface area contributed by atoms with Crippen LogP contribution in [0.4, 0.5) is 0 Å². The van der Waals surface area contributed by atoms with E-state index in [9.17, 15) is 9.90 Å². The Morgan fingerprint density at radius 2 is 1.56 bits per heavy atom. The van der Waals surface area contributed by atoms with Crippen molar-refractivity contribution in [2.24, 2.45) is 0 Å². The minimum atomic E-state index is -1.78. The molecule has 2 heterocycles. The summed E-state index contributed by atoms with van der Waals surface area (Å²) in [5.74, 6) is -0.580. The molecule has 0 spiro atoms. The summed E-state index contributed by atoms with van der Waals surface area (Å²) >= 11 is 0. The normalized spacial score (nSPS) is 23.4. The van der Waals surface area contributed by atoms with Crippen molar-refractivity contribution in [2.75, 3.05) is 13.1 Å². The van der Waals surface area contributed by atoms with Crippen molar-refractivity contribution < 1.29 is 14.6 Å². The van der Waals surface area contributed by atoms with Gasteiger partial charge in [0.2, 0.25) is 5.60 Å². The zero-order valence-electron chi connectivity index (χ0n) is 14.2. The molecule has 2 atom stereocenters. The van der Waals surface area contributed by atoms with Gasteiger partial charge in [0, 0.05) is 12.6 Å². The summed E-state index contributed by atoms with van der Waals surface area (Å²) < 4.78 is 5.87. The third-order valence-electron chi connectivity index (χ3n) is 5.48. The Balaban J connectivity index is 1.65. The minimum absolute atomic E-state index is 0.131. The minimum Gasteiger partial charge on any atom is -0.458 e. The van der Waals surface area contributed by atoms with Crippen LogP contribution in [0.1, 0.15) is 30.4 Å². The van der Waals surface area contributed by atoms with Gasteiger partial charge in [-0.05, 0) is 36.9 Å². The van der Waals surface area contributed by atoms with Gasteiger partial charge in [0.25, 0.3) is 0 Å². The van der Waals surface area contributed by atoms with Crippen LogP contribution in [-0.2, 0) is 15.1 Å². The fourth-order valence-corrected chi connectivity index (χ4v) is 4.16. The highest BCUT2D eigenvalue weighted by Crippen LogP contribution is 2.35. The summed E-state index contributed by atoms with van der Waals surface area (Å²) in [4.78, 5) is 15.5. The summed E-state index contributed by atoms with van der Waals surface area (Å²) in [7, 11) is 0. The molecule has 0 aromatic heterocycles. The topological polar surface area (TPSA) is 49.8 Å². The van der Waals surface area contributed by atoms with Gasteiger partial charge in [0.1, 0.15) is 6.10 Å². The highest BCUT2D eigenvalue weighted by Gasteiger charge is 2.46. The number of nitrogens with zero attached hydrogens (tertiary/aromatic N) is 1. The van der Waals surface area contributed by atoms with E-state index in [1.165, 1.54) is 0 Å². The molecule has 0 amide bonds. The lowest BCUT2D eigenvalue weighted by Crippen LogP contribution is -2.42. The molecule has 0 unspecified atom stereocenters. The molecule has 2 saturated heterocycles. The lowest BCUT2D eigenvalue weighted by atomic mass is 9.86. The summed E-state index contributed by atoms with van der Waals surface area (Å²) in [6.07, 6.45) is 2.93. The van der Waals surface area contributed by atoms with Crippen LogP contribution >= 0.6 is 0 Å². The van der Waals surface area contributed by atoms with Crippen molar-refractivity contribution in [3.63, 3.8) is 0 Å². The van der Waals surface area contributed by atoms with E-state index in [1.54, 1.807) is 24.3 Å². The Kier molecular flexibility index (Phi) is 4.32. The lowest BCUT2D eigenvalue weighted by molar-refractivity contribution is -0.168. The number of aliphatic hydroxyl groups is 1. The molecule has 4 nitrogen and oxygen atoms in total. The average molecular weight is 337 g/mol. The van der Waals surface area contributed by atoms with Crippen LogP contribution in [0.25, 0.3) is 0 Å². The number of fused-ring (bicyclic) bond motifs is 1. The highest BCUT2D eigenvalue weighted by atomic mass is 16.6. The maximum Gasteiger partial charge on any atom is 0.348 e. The molecular weight excluding hydrogens is 314 g/mol. The first-order chi connectivity index (χ1) is 12.2. The van der Waals surface area contributed by atoms with Crippen LogP contribution in [0.2, 0.25) is 0 Å². The van der Waals surface area contributed by atoms with Crippen molar-refractivity contribution >= 4 is 5.97 Å². The molecule has 0 bridgehead atoms. The molecule has 1 N–H and O–H groups in total. The van der Waals surface area contributed by atoms with Crippen LogP contribution in [0.3, 0.4) is 0 Å². The molecule has 0 saturated carbocycles. The first kappa shape index (κ1) is 16.3. The zero-order valence-corrected chi connectivity index (χ0v) is 14.2. The Bertz CT molecular complexity index is 692. The van der Waals surface area contributed by atoms with Crippen LogP contribution in [0.15, 0.2) is 60.7 Å². The van der Waals surface area contributed by atoms with Gasteiger partial charge in [-0.25, -0.2) is 4.79 Å². The standard InChI is InChI=1S/C21H23NO3/c23-20(25-19-13-15-22-14-7-12-18(19)22)21(24,16-8-3-1-4-9-16)17-10-5-2-6-11-17/h1-6,8-11,18-19,24H,7,12-15H2/t18-,19+/m1/s1. The number of hydrogen-bond acceptors (Lipinski definition) is 4. The number of hydrogen-bond donors (Lipinski definition) is 1. The van der Waals surface area contributed by atoms with Crippen LogP contribution in [0, 0.1) is 0 Å². The van der Waals surface area contributed by atoms with E-state index in [0.29, 0.717) is 17.2 Å². The number of ether oxygens (including phenoxy) is 1. The first-order valence-electron chi connectivity index (χ1n) is 8.98. The van der Waals surface area contributed by atoms with Crippen LogP contribution < -0.4 is 0 Å². The molecule has 25 heavy (non-hydrogen) atoms. The first-order valence-corrected chi connectivity index (χ1v) is 8.98. The number of esters is 1. The van der Waals surface area contributed by atoms with E-state index in [0.717, 1.165) is 32.4 Å². The molecular formula is C21H23NO3. The molecule has 2 aromatic carbocycles. The van der Waals surface area contributed by atoms with Gasteiger partial charge in [-0.1, -0.05) is 60.7 Å². The van der Waals surface area contributed by atoms with E-state index >= 15 is 0 Å². The van der Waals surface area contributed by atoms with Gasteiger partial charge in [-0.15, -0.1) is 0 Å². The van der Waals surface area contributed by atoms with Gasteiger partial charge in [-0.3, -0.25) is 4.90 Å². The van der Waals surface area contributed by atoms with Crippen molar-refractivity contribution in [1.29, 1.82) is 0 Å². The second kappa shape index (κ2) is 6.62. The van der Waals surface area contributed by atoms with Gasteiger partial charge < -0.3 is 9.84 Å². The maximum absolute atomic E-state index is 13.1. The van der Waals surface area contributed by atoms with Crippen LogP contribution in [0.5, 0.6) is 0 Å². The molecule has 130 valence electrons. The van der Waals surface area contributed by atoms with Crippen molar-refractivity contribution in [1.82, 2.24) is 4.90 Å². The second-order valence-corrected chi connectivity index (χ2v) is 6.92. The molecule has 2 fully saturated rings. The molecule has 4 heteroatoms. The van der Waals surface area contributed by atoms with Gasteiger partial charge in [-0.2, -0.15) is 0 Å². The van der Waals surface area contributed by atoms with Gasteiger partial charge in [0.05, 0.1) is 0 Å². The van der Waals surface area contributed by atoms with E-state index in [1.807, 2.05) is 36.4 Å². The fraction of sp³-hybridized carbons (Fsp3) is 0.381. The smallest absolute Gasteiger partial charge is 0.348 e. The summed E-state index contributed by atoms with van der Waals surface area (Å²) in [6.45, 7) is 2.05. The number of rotatable bonds is 4. The summed E-state index contributed by atoms with van der Waals surface area (Å²) in [6, 6.07) is 18.4. The van der Waals surface area contributed by atoms with E-state index in [2.05, 4.69) is 4.90 Å².